The lowest BCUT2D eigenvalue weighted by Crippen LogP contribution is -2.50. The Morgan fingerprint density at radius 1 is 1.17 bits per heavy atom. The van der Waals surface area contributed by atoms with Crippen molar-refractivity contribution in [3.05, 3.63) is 34.3 Å². The summed E-state index contributed by atoms with van der Waals surface area (Å²) < 4.78 is 0. The molecule has 0 radical (unpaired) electrons. The Kier molecular flexibility index (Phi) is 5.55. The third kappa shape index (κ3) is 4.05. The van der Waals surface area contributed by atoms with E-state index >= 15 is 0 Å². The van der Waals surface area contributed by atoms with Crippen molar-refractivity contribution in [3.63, 3.8) is 0 Å². The van der Waals surface area contributed by atoms with Gasteiger partial charge in [-0.25, -0.2) is 0 Å². The second kappa shape index (κ2) is 7.63. The molecule has 0 aromatic heterocycles. The number of nitrogens with zero attached hydrogens (tertiary/aromatic N) is 4. The summed E-state index contributed by atoms with van der Waals surface area (Å²) in [5.41, 5.74) is 1.80. The molecular formula is C18H25ClN4. The van der Waals surface area contributed by atoms with E-state index in [4.69, 9.17) is 11.6 Å². The molecule has 1 aromatic rings. The number of piperazine rings is 1. The molecule has 0 bridgehead atoms. The third-order valence-corrected chi connectivity index (χ3v) is 5.44. The van der Waals surface area contributed by atoms with E-state index in [0.717, 1.165) is 31.7 Å². The van der Waals surface area contributed by atoms with E-state index < -0.39 is 0 Å². The Labute approximate surface area is 144 Å². The number of halogens is 1. The SMILES string of the molecule is CCN1CCN(C2CCN(Cc3ccc(Cl)cc3C#N)C2)CC1. The van der Waals surface area contributed by atoms with Crippen molar-refractivity contribution in [2.75, 3.05) is 45.8 Å². The average molecular weight is 333 g/mol. The Morgan fingerprint density at radius 3 is 2.65 bits per heavy atom. The quantitative estimate of drug-likeness (QED) is 0.848. The van der Waals surface area contributed by atoms with Gasteiger partial charge in [0.15, 0.2) is 0 Å². The molecule has 1 aromatic carbocycles. The fraction of sp³-hybridized carbons (Fsp3) is 0.611. The molecule has 23 heavy (non-hydrogen) atoms. The van der Waals surface area contributed by atoms with Gasteiger partial charge in [0.25, 0.3) is 0 Å². The van der Waals surface area contributed by atoms with Crippen LogP contribution in [0.2, 0.25) is 5.02 Å². The van der Waals surface area contributed by atoms with Gasteiger partial charge < -0.3 is 4.90 Å². The first-order valence-corrected chi connectivity index (χ1v) is 8.94. The standard InChI is InChI=1S/C18H25ClN4/c1-2-21-7-9-23(10-8-21)18-5-6-22(14-18)13-15-3-4-17(19)11-16(15)12-20/h3-4,11,18H,2,5-10,13-14H2,1H3. The highest BCUT2D eigenvalue weighted by atomic mass is 35.5. The minimum Gasteiger partial charge on any atom is -0.301 e. The van der Waals surface area contributed by atoms with Gasteiger partial charge >= 0.3 is 0 Å². The molecule has 3 rings (SSSR count). The average Bonchev–Trinajstić information content (AvgIpc) is 3.05. The van der Waals surface area contributed by atoms with Crippen LogP contribution in [0, 0.1) is 11.3 Å². The molecule has 5 heteroatoms. The lowest BCUT2D eigenvalue weighted by atomic mass is 10.1. The van der Waals surface area contributed by atoms with Crippen LogP contribution in [0.25, 0.3) is 0 Å². The highest BCUT2D eigenvalue weighted by molar-refractivity contribution is 6.30. The molecule has 1 atom stereocenters. The molecule has 0 spiro atoms. The number of rotatable bonds is 4. The minimum absolute atomic E-state index is 0.637. The van der Waals surface area contributed by atoms with Crippen molar-refractivity contribution in [2.24, 2.45) is 0 Å². The van der Waals surface area contributed by atoms with Crippen LogP contribution in [0.15, 0.2) is 18.2 Å². The summed E-state index contributed by atoms with van der Waals surface area (Å²) in [5.74, 6) is 0. The minimum atomic E-state index is 0.637. The monoisotopic (exact) mass is 332 g/mol. The summed E-state index contributed by atoms with van der Waals surface area (Å²) in [6, 6.07) is 8.59. The Bertz CT molecular complexity index is 575. The molecule has 4 nitrogen and oxygen atoms in total. The van der Waals surface area contributed by atoms with Gasteiger partial charge in [-0.3, -0.25) is 9.80 Å². The maximum Gasteiger partial charge on any atom is 0.0995 e. The zero-order chi connectivity index (χ0) is 16.2. The summed E-state index contributed by atoms with van der Waals surface area (Å²) >= 11 is 5.99. The number of likely N-dealkylation sites (tertiary alicyclic amines) is 1. The van der Waals surface area contributed by atoms with E-state index in [0.29, 0.717) is 16.6 Å². The van der Waals surface area contributed by atoms with Crippen LogP contribution in [-0.2, 0) is 6.54 Å². The molecule has 124 valence electrons. The van der Waals surface area contributed by atoms with Crippen molar-refractivity contribution in [1.82, 2.24) is 14.7 Å². The molecule has 2 aliphatic rings. The zero-order valence-corrected chi connectivity index (χ0v) is 14.6. The van der Waals surface area contributed by atoms with Crippen molar-refractivity contribution in [3.8, 4) is 6.07 Å². The lowest BCUT2D eigenvalue weighted by molar-refractivity contribution is 0.101. The number of hydrogen-bond acceptors (Lipinski definition) is 4. The van der Waals surface area contributed by atoms with E-state index in [9.17, 15) is 5.26 Å². The van der Waals surface area contributed by atoms with Crippen molar-refractivity contribution >= 4 is 11.6 Å². The van der Waals surface area contributed by atoms with Gasteiger partial charge in [0, 0.05) is 56.9 Å². The van der Waals surface area contributed by atoms with Crippen LogP contribution in [0.4, 0.5) is 0 Å². The number of hydrogen-bond donors (Lipinski definition) is 0. The molecule has 0 amide bonds. The summed E-state index contributed by atoms with van der Waals surface area (Å²) in [7, 11) is 0. The summed E-state index contributed by atoms with van der Waals surface area (Å²) in [6.07, 6.45) is 1.24. The molecule has 0 aliphatic carbocycles. The Balaban J connectivity index is 1.55. The largest absolute Gasteiger partial charge is 0.301 e. The van der Waals surface area contributed by atoms with E-state index in [1.54, 1.807) is 6.07 Å². The third-order valence-electron chi connectivity index (χ3n) is 5.20. The second-order valence-electron chi connectivity index (χ2n) is 6.56. The fourth-order valence-corrected chi connectivity index (χ4v) is 3.90. The Hall–Kier alpha value is -1.12. The lowest BCUT2D eigenvalue weighted by Gasteiger charge is -2.37. The number of nitriles is 1. The molecule has 0 N–H and O–H groups in total. The van der Waals surface area contributed by atoms with Gasteiger partial charge in [0.1, 0.15) is 0 Å². The van der Waals surface area contributed by atoms with Gasteiger partial charge in [-0.15, -0.1) is 0 Å². The fourth-order valence-electron chi connectivity index (χ4n) is 3.73. The number of benzene rings is 1. The van der Waals surface area contributed by atoms with E-state index in [1.807, 2.05) is 12.1 Å². The van der Waals surface area contributed by atoms with Gasteiger partial charge in [-0.1, -0.05) is 24.6 Å². The smallest absolute Gasteiger partial charge is 0.0995 e. The van der Waals surface area contributed by atoms with Gasteiger partial charge in [0.2, 0.25) is 0 Å². The van der Waals surface area contributed by atoms with E-state index in [1.165, 1.54) is 32.6 Å². The molecular weight excluding hydrogens is 308 g/mol. The first-order chi connectivity index (χ1) is 11.2. The molecule has 2 aliphatic heterocycles. The van der Waals surface area contributed by atoms with Crippen LogP contribution >= 0.6 is 11.6 Å². The normalized spacial score (nSPS) is 24.0. The predicted molar refractivity (Wildman–Crippen MR) is 93.5 cm³/mol. The summed E-state index contributed by atoms with van der Waals surface area (Å²) in [5, 5.41) is 9.92. The van der Waals surface area contributed by atoms with Crippen LogP contribution in [0.3, 0.4) is 0 Å². The van der Waals surface area contributed by atoms with E-state index in [2.05, 4.69) is 27.7 Å². The molecule has 2 fully saturated rings. The van der Waals surface area contributed by atoms with Crippen molar-refractivity contribution in [2.45, 2.75) is 25.9 Å². The van der Waals surface area contributed by atoms with Crippen LogP contribution < -0.4 is 0 Å². The summed E-state index contributed by atoms with van der Waals surface area (Å²) in [4.78, 5) is 7.65. The number of likely N-dealkylation sites (N-methyl/N-ethyl adjacent to an activating group) is 1. The van der Waals surface area contributed by atoms with Crippen LogP contribution in [0.1, 0.15) is 24.5 Å². The Morgan fingerprint density at radius 2 is 1.96 bits per heavy atom. The predicted octanol–water partition coefficient (Wildman–Crippen LogP) is 2.42. The van der Waals surface area contributed by atoms with E-state index in [-0.39, 0.29) is 0 Å². The molecule has 1 unspecified atom stereocenters. The second-order valence-corrected chi connectivity index (χ2v) is 7.00. The van der Waals surface area contributed by atoms with Crippen molar-refractivity contribution in [1.29, 1.82) is 5.26 Å². The first kappa shape index (κ1) is 16.7. The van der Waals surface area contributed by atoms with Crippen molar-refractivity contribution < 1.29 is 0 Å². The molecule has 2 saturated heterocycles. The van der Waals surface area contributed by atoms with Crippen LogP contribution in [-0.4, -0.2) is 66.6 Å². The van der Waals surface area contributed by atoms with Gasteiger partial charge in [0.05, 0.1) is 11.6 Å². The van der Waals surface area contributed by atoms with Gasteiger partial charge in [-0.2, -0.15) is 5.26 Å². The maximum absolute atomic E-state index is 9.28. The first-order valence-electron chi connectivity index (χ1n) is 8.57. The highest BCUT2D eigenvalue weighted by Gasteiger charge is 2.29. The van der Waals surface area contributed by atoms with Gasteiger partial charge in [-0.05, 0) is 30.7 Å². The maximum atomic E-state index is 9.28. The zero-order valence-electron chi connectivity index (χ0n) is 13.8. The summed E-state index contributed by atoms with van der Waals surface area (Å²) in [6.45, 7) is 11.3. The molecule has 0 saturated carbocycles. The molecule has 2 heterocycles. The highest BCUT2D eigenvalue weighted by Crippen LogP contribution is 2.22. The van der Waals surface area contributed by atoms with Crippen LogP contribution in [0.5, 0.6) is 0 Å². The topological polar surface area (TPSA) is 33.5 Å².